The number of hydrogen-bond donors (Lipinski definition) is 0. The molecule has 0 N–H and O–H groups in total. The van der Waals surface area contributed by atoms with E-state index in [1.807, 2.05) is 19.0 Å². The lowest BCUT2D eigenvalue weighted by Crippen LogP contribution is -2.24. The second-order valence-electron chi connectivity index (χ2n) is 3.64. The summed E-state index contributed by atoms with van der Waals surface area (Å²) in [6, 6.07) is 0.620. The van der Waals surface area contributed by atoms with Crippen molar-refractivity contribution in [2.75, 3.05) is 14.1 Å². The Hall–Kier alpha value is -0.730. The molecule has 0 bridgehead atoms. The first kappa shape index (κ1) is 11.3. The maximum atomic E-state index is 4.39. The maximum Gasteiger partial charge on any atom is 0.00911 e. The minimum Gasteiger partial charge on any atom is -0.432 e. The highest BCUT2D eigenvalue weighted by Crippen LogP contribution is 2.04. The minimum atomic E-state index is 0.310. The fourth-order valence-corrected chi connectivity index (χ4v) is 0.726. The third-order valence-corrected chi connectivity index (χ3v) is 1.15. The molecule has 0 heterocycles. The zero-order valence-electron chi connectivity index (χ0n) is 9.00. The predicted molar refractivity (Wildman–Crippen MR) is 54.8 cm³/mol. The van der Waals surface area contributed by atoms with Crippen molar-refractivity contribution >= 4 is 5.96 Å². The Bertz CT molecular complexity index is 148. The third kappa shape index (κ3) is 4.99. The first-order valence-corrected chi connectivity index (χ1v) is 4.39. The van der Waals surface area contributed by atoms with Crippen LogP contribution >= 0.6 is 0 Å². The molecule has 72 valence electrons. The van der Waals surface area contributed by atoms with E-state index >= 15 is 0 Å². The van der Waals surface area contributed by atoms with Crippen LogP contribution in [-0.2, 0) is 0 Å². The van der Waals surface area contributed by atoms with Crippen LogP contribution in [0.25, 0.3) is 5.32 Å². The van der Waals surface area contributed by atoms with Crippen molar-refractivity contribution in [1.29, 1.82) is 0 Å². The molecule has 0 unspecified atom stereocenters. The molecule has 0 saturated carbocycles. The van der Waals surface area contributed by atoms with Gasteiger partial charge in [-0.15, -0.1) is 0 Å². The van der Waals surface area contributed by atoms with Crippen molar-refractivity contribution in [3.05, 3.63) is 5.32 Å². The molecular formula is C9H20N3-. The Morgan fingerprint density at radius 3 is 1.92 bits per heavy atom. The molecular weight excluding hydrogens is 150 g/mol. The number of aliphatic imine (C=N–C) groups is 1. The Kier molecular flexibility index (Phi) is 4.71. The molecule has 0 radical (unpaired) electrons. The van der Waals surface area contributed by atoms with E-state index in [4.69, 9.17) is 0 Å². The van der Waals surface area contributed by atoms with Crippen LogP contribution in [0.2, 0.25) is 0 Å². The van der Waals surface area contributed by atoms with Gasteiger partial charge < -0.3 is 15.2 Å². The zero-order valence-corrected chi connectivity index (χ0v) is 9.00. The monoisotopic (exact) mass is 170 g/mol. The summed E-state index contributed by atoms with van der Waals surface area (Å²) < 4.78 is 0. The molecule has 0 fully saturated rings. The standard InChI is InChI=1S/C9H20N3/c1-7(2)10-9(12(5)6)11-8(3)4/h7-8H,1-6H3/q-1. The van der Waals surface area contributed by atoms with E-state index in [0.29, 0.717) is 12.1 Å². The lowest BCUT2D eigenvalue weighted by molar-refractivity contribution is 0.605. The molecule has 0 rings (SSSR count). The number of guanidine groups is 1. The van der Waals surface area contributed by atoms with Gasteiger partial charge in [-0.3, -0.25) is 0 Å². The normalized spacial score (nSPS) is 12.5. The molecule has 0 spiro atoms. The highest BCUT2D eigenvalue weighted by atomic mass is 15.3. The summed E-state index contributed by atoms with van der Waals surface area (Å²) in [5, 5.41) is 4.39. The molecule has 12 heavy (non-hydrogen) atoms. The van der Waals surface area contributed by atoms with Gasteiger partial charge in [-0.05, 0) is 26.2 Å². The minimum absolute atomic E-state index is 0.310. The van der Waals surface area contributed by atoms with E-state index in [2.05, 4.69) is 38.0 Å². The molecule has 0 amide bonds. The van der Waals surface area contributed by atoms with Crippen molar-refractivity contribution in [1.82, 2.24) is 4.90 Å². The maximum absolute atomic E-state index is 4.39. The molecule has 0 aliphatic rings. The van der Waals surface area contributed by atoms with Crippen LogP contribution in [0.15, 0.2) is 4.99 Å². The van der Waals surface area contributed by atoms with E-state index in [9.17, 15) is 0 Å². The molecule has 0 aromatic heterocycles. The van der Waals surface area contributed by atoms with E-state index in [0.717, 1.165) is 5.96 Å². The first-order valence-electron chi connectivity index (χ1n) is 4.39. The molecule has 0 saturated heterocycles. The fraction of sp³-hybridized carbons (Fsp3) is 0.889. The smallest absolute Gasteiger partial charge is 0.00911 e. The molecule has 3 heteroatoms. The number of rotatable bonds is 2. The van der Waals surface area contributed by atoms with Crippen LogP contribution in [-0.4, -0.2) is 37.0 Å². The summed E-state index contributed by atoms with van der Waals surface area (Å²) in [6.45, 7) is 8.22. The lowest BCUT2D eigenvalue weighted by Gasteiger charge is -2.29. The van der Waals surface area contributed by atoms with Gasteiger partial charge in [0.15, 0.2) is 0 Å². The molecule has 3 nitrogen and oxygen atoms in total. The highest BCUT2D eigenvalue weighted by Gasteiger charge is 1.94. The lowest BCUT2D eigenvalue weighted by atomic mass is 10.4. The van der Waals surface area contributed by atoms with E-state index in [1.54, 1.807) is 0 Å². The Morgan fingerprint density at radius 1 is 1.17 bits per heavy atom. The second-order valence-corrected chi connectivity index (χ2v) is 3.64. The van der Waals surface area contributed by atoms with E-state index in [1.165, 1.54) is 0 Å². The van der Waals surface area contributed by atoms with E-state index in [-0.39, 0.29) is 0 Å². The average Bonchev–Trinajstić information content (AvgIpc) is 1.83. The summed E-state index contributed by atoms with van der Waals surface area (Å²) >= 11 is 0. The SMILES string of the molecule is CC(C)N=C([N-]C(C)C)N(C)C. The van der Waals surface area contributed by atoms with Gasteiger partial charge in [-0.1, -0.05) is 27.7 Å². The van der Waals surface area contributed by atoms with Crippen LogP contribution in [0.4, 0.5) is 0 Å². The van der Waals surface area contributed by atoms with Crippen molar-refractivity contribution in [3.63, 3.8) is 0 Å². The first-order chi connectivity index (χ1) is 5.43. The second kappa shape index (κ2) is 5.01. The molecule has 0 aliphatic carbocycles. The van der Waals surface area contributed by atoms with Crippen LogP contribution in [0.5, 0.6) is 0 Å². The summed E-state index contributed by atoms with van der Waals surface area (Å²) in [7, 11) is 3.93. The number of hydrogen-bond acceptors (Lipinski definition) is 1. The van der Waals surface area contributed by atoms with Gasteiger partial charge >= 0.3 is 0 Å². The predicted octanol–water partition coefficient (Wildman–Crippen LogP) is 2.09. The number of nitrogens with zero attached hydrogens (tertiary/aromatic N) is 3. The summed E-state index contributed by atoms with van der Waals surface area (Å²) in [6.07, 6.45) is 0. The van der Waals surface area contributed by atoms with Gasteiger partial charge in [-0.2, -0.15) is 0 Å². The van der Waals surface area contributed by atoms with Crippen LogP contribution in [0.3, 0.4) is 0 Å². The van der Waals surface area contributed by atoms with Crippen LogP contribution in [0, 0.1) is 0 Å². The Balaban J connectivity index is 4.23. The largest absolute Gasteiger partial charge is 0.432 e. The quantitative estimate of drug-likeness (QED) is 0.461. The molecule has 0 aromatic carbocycles. The van der Waals surface area contributed by atoms with Gasteiger partial charge in [0.25, 0.3) is 0 Å². The van der Waals surface area contributed by atoms with Gasteiger partial charge in [0.05, 0.1) is 0 Å². The van der Waals surface area contributed by atoms with Crippen molar-refractivity contribution < 1.29 is 0 Å². The van der Waals surface area contributed by atoms with Crippen LogP contribution in [0.1, 0.15) is 27.7 Å². The van der Waals surface area contributed by atoms with E-state index < -0.39 is 0 Å². The highest BCUT2D eigenvalue weighted by molar-refractivity contribution is 5.92. The van der Waals surface area contributed by atoms with Crippen molar-refractivity contribution in [2.45, 2.75) is 39.8 Å². The molecule has 0 atom stereocenters. The molecule has 0 aromatic rings. The Labute approximate surface area is 75.9 Å². The van der Waals surface area contributed by atoms with Gasteiger partial charge in [0.1, 0.15) is 0 Å². The van der Waals surface area contributed by atoms with Crippen molar-refractivity contribution in [2.24, 2.45) is 4.99 Å². The van der Waals surface area contributed by atoms with Gasteiger partial charge in [-0.25, -0.2) is 0 Å². The summed E-state index contributed by atoms with van der Waals surface area (Å²) in [5.74, 6) is 0.833. The average molecular weight is 170 g/mol. The summed E-state index contributed by atoms with van der Waals surface area (Å²) in [4.78, 5) is 6.34. The molecule has 0 aliphatic heterocycles. The zero-order chi connectivity index (χ0) is 9.72. The van der Waals surface area contributed by atoms with Gasteiger partial charge in [0, 0.05) is 5.96 Å². The van der Waals surface area contributed by atoms with Crippen molar-refractivity contribution in [3.8, 4) is 0 Å². The van der Waals surface area contributed by atoms with Gasteiger partial charge in [0.2, 0.25) is 0 Å². The van der Waals surface area contributed by atoms with Crippen LogP contribution < -0.4 is 0 Å². The topological polar surface area (TPSA) is 29.7 Å². The fourth-order valence-electron chi connectivity index (χ4n) is 0.726. The third-order valence-electron chi connectivity index (χ3n) is 1.15. The Morgan fingerprint density at radius 2 is 1.67 bits per heavy atom. The summed E-state index contributed by atoms with van der Waals surface area (Å²) in [5.41, 5.74) is 0.